The Bertz CT molecular complexity index is 2160. The van der Waals surface area contributed by atoms with Crippen LogP contribution in [0.2, 0.25) is 0 Å². The van der Waals surface area contributed by atoms with Crippen LogP contribution in [0.15, 0.2) is 265 Å². The zero-order valence-electron chi connectivity index (χ0n) is 32.6. The van der Waals surface area contributed by atoms with Gasteiger partial charge >= 0.3 is 44.8 Å². The van der Waals surface area contributed by atoms with Crippen LogP contribution in [0.25, 0.3) is 22.3 Å². The van der Waals surface area contributed by atoms with Gasteiger partial charge in [-0.15, -0.1) is 0 Å². The van der Waals surface area contributed by atoms with Crippen molar-refractivity contribution >= 4 is 72.9 Å². The van der Waals surface area contributed by atoms with Crippen LogP contribution in [0, 0.1) is 0 Å². The molecule has 302 valence electrons. The van der Waals surface area contributed by atoms with Crippen molar-refractivity contribution in [3.05, 3.63) is 255 Å². The zero-order chi connectivity index (χ0) is 39.8. The molecule has 0 heterocycles. The van der Waals surface area contributed by atoms with Crippen molar-refractivity contribution in [2.45, 2.75) is 9.79 Å². The van der Waals surface area contributed by atoms with Crippen LogP contribution in [-0.2, 0) is 70.0 Å². The Morgan fingerprint density at radius 2 is 0.350 bits per heavy atom. The van der Waals surface area contributed by atoms with Crippen molar-refractivity contribution in [1.29, 1.82) is 0 Å². The quantitative estimate of drug-likeness (QED) is 0.0845. The second-order valence-electron chi connectivity index (χ2n) is 13.3. The van der Waals surface area contributed by atoms with Crippen LogP contribution in [0.3, 0.4) is 0 Å². The molecular weight excluding hydrogens is 1170 g/mol. The first-order valence-corrected chi connectivity index (χ1v) is 22.7. The SMILES string of the molecule is [Au+].[Au+].[S-]c1ccc(-c2ccc(-c3ccc([S-])cc3)cc2)cc1.c1ccc(P(c2ccccc2)c2ccccc2)cc1.c1ccc(P(c2ccccc2)c2ccccc2)cc1. The summed E-state index contributed by atoms with van der Waals surface area (Å²) in [6, 6.07) is 89.3. The first kappa shape index (κ1) is 46.8. The summed E-state index contributed by atoms with van der Waals surface area (Å²) >= 11 is 10.2. The first-order valence-electron chi connectivity index (χ1n) is 19.2. The van der Waals surface area contributed by atoms with Crippen molar-refractivity contribution in [2.75, 3.05) is 0 Å². The molecule has 0 bridgehead atoms. The van der Waals surface area contributed by atoms with Crippen LogP contribution in [0.5, 0.6) is 0 Å². The average molecular weight is 1210 g/mol. The van der Waals surface area contributed by atoms with Gasteiger partial charge in [-0.1, -0.05) is 255 Å². The van der Waals surface area contributed by atoms with E-state index in [1.54, 1.807) is 0 Å². The van der Waals surface area contributed by atoms with Crippen LogP contribution >= 0.6 is 15.8 Å². The van der Waals surface area contributed by atoms with Gasteiger partial charge in [-0.05, 0) is 69.9 Å². The van der Waals surface area contributed by atoms with Crippen LogP contribution in [0.4, 0.5) is 0 Å². The third-order valence-corrected chi connectivity index (χ3v) is 14.8. The summed E-state index contributed by atoms with van der Waals surface area (Å²) in [6.45, 7) is 0. The predicted octanol–water partition coefficient (Wildman–Crippen LogP) is 11.7. The molecule has 0 aliphatic rings. The van der Waals surface area contributed by atoms with E-state index in [-0.39, 0.29) is 44.8 Å². The Morgan fingerprint density at radius 3 is 0.517 bits per heavy atom. The van der Waals surface area contributed by atoms with Crippen LogP contribution in [0.1, 0.15) is 0 Å². The molecule has 9 aromatic rings. The number of hydrogen-bond acceptors (Lipinski definition) is 2. The molecule has 0 atom stereocenters. The van der Waals surface area contributed by atoms with Gasteiger partial charge < -0.3 is 25.3 Å². The topological polar surface area (TPSA) is 0 Å². The molecule has 0 amide bonds. The Kier molecular flexibility index (Phi) is 19.4. The molecule has 6 heteroatoms. The van der Waals surface area contributed by atoms with Crippen molar-refractivity contribution in [3.63, 3.8) is 0 Å². The molecule has 60 heavy (non-hydrogen) atoms. The maximum atomic E-state index is 5.11. The minimum Gasteiger partial charge on any atom is -0.780 e. The zero-order valence-corrected chi connectivity index (χ0v) is 40.3. The Morgan fingerprint density at radius 1 is 0.200 bits per heavy atom. The Labute approximate surface area is 400 Å². The molecule has 0 aliphatic heterocycles. The molecule has 0 aliphatic carbocycles. The van der Waals surface area contributed by atoms with E-state index < -0.39 is 15.8 Å². The van der Waals surface area contributed by atoms with Crippen LogP contribution < -0.4 is 31.8 Å². The normalized spacial score (nSPS) is 10.2. The van der Waals surface area contributed by atoms with Gasteiger partial charge in [-0.2, -0.15) is 9.79 Å². The van der Waals surface area contributed by atoms with E-state index in [4.69, 9.17) is 25.3 Å². The second-order valence-corrected chi connectivity index (χ2v) is 18.7. The van der Waals surface area contributed by atoms with Crippen molar-refractivity contribution in [2.24, 2.45) is 0 Å². The maximum Gasteiger partial charge on any atom is 1.00 e. The Balaban J connectivity index is 0.000000168. The molecule has 0 saturated carbocycles. The summed E-state index contributed by atoms with van der Waals surface area (Å²) in [5.74, 6) is 0. The van der Waals surface area contributed by atoms with Gasteiger partial charge in [0.1, 0.15) is 0 Å². The van der Waals surface area contributed by atoms with Gasteiger partial charge in [0.05, 0.1) is 0 Å². The standard InChI is InChI=1S/2C18H15P.C18H14S2.2Au/c2*1-4-10-16(11-5-1)19(17-12-6-2-7-13-17)18-14-8-3-9-15-18;19-17-9-5-15(6-10-17)13-1-2-14(4-3-13)16-7-11-18(20)12-8-16;;/h2*1-15H;1-12,19-20H;;/q;;;2*+1/p-2. The van der Waals surface area contributed by atoms with Gasteiger partial charge in [-0.3, -0.25) is 0 Å². The molecule has 0 saturated heterocycles. The van der Waals surface area contributed by atoms with E-state index in [2.05, 4.69) is 231 Å². The molecular formula is C54H42Au2P2S2. The average Bonchev–Trinajstić information content (AvgIpc) is 3.30. The monoisotopic (exact) mass is 1210 g/mol. The van der Waals surface area contributed by atoms with E-state index in [9.17, 15) is 0 Å². The van der Waals surface area contributed by atoms with E-state index in [0.29, 0.717) is 0 Å². The summed E-state index contributed by atoms with van der Waals surface area (Å²) in [4.78, 5) is 1.74. The summed E-state index contributed by atoms with van der Waals surface area (Å²) in [6.07, 6.45) is 0. The number of rotatable bonds is 8. The van der Waals surface area contributed by atoms with Gasteiger partial charge in [0.25, 0.3) is 0 Å². The molecule has 9 aromatic carbocycles. The van der Waals surface area contributed by atoms with E-state index in [1.807, 2.05) is 24.3 Å². The summed E-state index contributed by atoms with van der Waals surface area (Å²) < 4.78 is 0. The van der Waals surface area contributed by atoms with Gasteiger partial charge in [-0.25, -0.2) is 0 Å². The van der Waals surface area contributed by atoms with E-state index in [0.717, 1.165) is 9.79 Å². The number of benzene rings is 9. The molecule has 0 N–H and O–H groups in total. The minimum atomic E-state index is -0.446. The summed E-state index contributed by atoms with van der Waals surface area (Å²) in [5, 5.41) is 8.39. The number of hydrogen-bond donors (Lipinski definition) is 0. The molecule has 0 spiro atoms. The van der Waals surface area contributed by atoms with Gasteiger partial charge in [0.2, 0.25) is 0 Å². The Hall–Kier alpha value is -4.24. The molecule has 0 radical (unpaired) electrons. The molecule has 0 nitrogen and oxygen atoms in total. The van der Waals surface area contributed by atoms with Gasteiger partial charge in [0.15, 0.2) is 0 Å². The maximum absolute atomic E-state index is 5.11. The smallest absolute Gasteiger partial charge is 0.780 e. The van der Waals surface area contributed by atoms with Crippen molar-refractivity contribution in [1.82, 2.24) is 0 Å². The molecule has 0 fully saturated rings. The van der Waals surface area contributed by atoms with Crippen molar-refractivity contribution < 1.29 is 44.8 Å². The fourth-order valence-corrected chi connectivity index (χ4v) is 11.4. The molecule has 0 aromatic heterocycles. The van der Waals surface area contributed by atoms with Crippen LogP contribution in [-0.4, -0.2) is 0 Å². The summed E-state index contributed by atoms with van der Waals surface area (Å²) in [5.41, 5.74) is 4.77. The second kappa shape index (κ2) is 24.9. The first-order chi connectivity index (χ1) is 28.6. The van der Waals surface area contributed by atoms with Crippen molar-refractivity contribution in [3.8, 4) is 22.3 Å². The fourth-order valence-electron chi connectivity index (χ4n) is 6.51. The molecule has 0 unspecified atom stereocenters. The predicted molar refractivity (Wildman–Crippen MR) is 259 cm³/mol. The molecule has 9 rings (SSSR count). The summed E-state index contributed by atoms with van der Waals surface area (Å²) in [7, 11) is -0.892. The van der Waals surface area contributed by atoms with E-state index in [1.165, 1.54) is 54.1 Å². The largest absolute Gasteiger partial charge is 1.00 e. The fraction of sp³-hybridized carbons (Fsp3) is 0. The van der Waals surface area contributed by atoms with Gasteiger partial charge in [0, 0.05) is 0 Å². The minimum absolute atomic E-state index is 0. The third kappa shape index (κ3) is 13.4. The third-order valence-electron chi connectivity index (χ3n) is 9.35. The van der Waals surface area contributed by atoms with E-state index >= 15 is 0 Å².